The SMILES string of the molecule is CC.CNC1CNN=C1C(=O)NC1CCN(C2CCN(C)CC2)CC1.O=CC/C(F)=C\C/C=C\CP. The van der Waals surface area contributed by atoms with Crippen molar-refractivity contribution in [2.75, 3.05) is 53.0 Å². The van der Waals surface area contributed by atoms with Gasteiger partial charge in [-0.15, -0.1) is 9.24 Å². The van der Waals surface area contributed by atoms with Crippen molar-refractivity contribution in [1.29, 1.82) is 0 Å². The van der Waals surface area contributed by atoms with Crippen molar-refractivity contribution in [3.63, 3.8) is 0 Å². The van der Waals surface area contributed by atoms with Crippen molar-refractivity contribution < 1.29 is 14.0 Å². The van der Waals surface area contributed by atoms with Crippen LogP contribution >= 0.6 is 9.24 Å². The second kappa shape index (κ2) is 19.4. The summed E-state index contributed by atoms with van der Waals surface area (Å²) in [7, 11) is 6.60. The summed E-state index contributed by atoms with van der Waals surface area (Å²) in [5.74, 6) is -0.375. The second-order valence-electron chi connectivity index (χ2n) is 8.98. The average Bonchev–Trinajstić information content (AvgIpc) is 3.39. The van der Waals surface area contributed by atoms with Crippen LogP contribution in [0, 0.1) is 0 Å². The fraction of sp³-hybridized carbons (Fsp3) is 0.731. The lowest BCUT2D eigenvalue weighted by Gasteiger charge is -2.41. The zero-order valence-electron chi connectivity index (χ0n) is 22.6. The first kappa shape index (κ1) is 32.4. The minimum absolute atomic E-state index is 0.0212. The molecule has 8 nitrogen and oxygen atoms in total. The first-order valence-corrected chi connectivity index (χ1v) is 14.1. The molecule has 3 aliphatic rings. The molecule has 3 aliphatic heterocycles. The van der Waals surface area contributed by atoms with Gasteiger partial charge in [0.2, 0.25) is 0 Å². The van der Waals surface area contributed by atoms with Crippen LogP contribution in [0.1, 0.15) is 52.4 Å². The number of halogens is 1. The molecule has 3 heterocycles. The van der Waals surface area contributed by atoms with Gasteiger partial charge in [-0.3, -0.25) is 4.79 Å². The van der Waals surface area contributed by atoms with Crippen LogP contribution in [0.25, 0.3) is 0 Å². The number of allylic oxidation sites excluding steroid dienone is 4. The molecule has 2 fully saturated rings. The highest BCUT2D eigenvalue weighted by atomic mass is 31.0. The lowest BCUT2D eigenvalue weighted by Crippen LogP contribution is -2.52. The number of aldehydes is 1. The number of piperidine rings is 2. The van der Waals surface area contributed by atoms with Crippen molar-refractivity contribution in [3.05, 3.63) is 24.1 Å². The molecule has 1 amide bonds. The maximum atomic E-state index is 12.4. The number of hydrogen-bond donors (Lipinski definition) is 3. The number of rotatable bonds is 9. The van der Waals surface area contributed by atoms with Gasteiger partial charge < -0.3 is 30.7 Å². The van der Waals surface area contributed by atoms with Crippen molar-refractivity contribution in [3.8, 4) is 0 Å². The van der Waals surface area contributed by atoms with E-state index < -0.39 is 0 Å². The Morgan fingerprint density at radius 1 is 1.17 bits per heavy atom. The Labute approximate surface area is 219 Å². The molecule has 2 atom stereocenters. The van der Waals surface area contributed by atoms with Crippen LogP contribution in [0.15, 0.2) is 29.2 Å². The normalized spacial score (nSPS) is 22.1. The van der Waals surface area contributed by atoms with Gasteiger partial charge in [-0.25, -0.2) is 4.39 Å². The van der Waals surface area contributed by atoms with Gasteiger partial charge in [0.1, 0.15) is 17.8 Å². The molecule has 0 radical (unpaired) electrons. The molecule has 0 aromatic carbocycles. The third kappa shape index (κ3) is 12.0. The lowest BCUT2D eigenvalue weighted by molar-refractivity contribution is -0.116. The van der Waals surface area contributed by atoms with Gasteiger partial charge in [0.05, 0.1) is 19.0 Å². The second-order valence-corrected chi connectivity index (χ2v) is 9.45. The third-order valence-electron chi connectivity index (χ3n) is 6.53. The van der Waals surface area contributed by atoms with Gasteiger partial charge in [0.25, 0.3) is 5.91 Å². The molecular formula is C26H48FN6O2P. The standard InChI is InChI=1S/C16H30N6O.C8H12FOP.C2H6/c1-17-14-11-18-20-15(14)16(23)19-12-3-9-22(10-4-12)13-5-7-21(2)8-6-13;9-8(5-6-10)4-2-1-3-7-11;1-2/h12-14,17-18H,3-11H2,1-2H3,(H,19,23);1,3-4,6H,2,5,7,11H2;1-2H3/b;3-1-,8-4+;. The monoisotopic (exact) mass is 526 g/mol. The summed E-state index contributed by atoms with van der Waals surface area (Å²) in [5, 5.41) is 10.4. The van der Waals surface area contributed by atoms with Gasteiger partial charge in [-0.05, 0) is 71.5 Å². The number of hydrogen-bond acceptors (Lipinski definition) is 7. The number of hydrazone groups is 1. The molecule has 0 aromatic heterocycles. The summed E-state index contributed by atoms with van der Waals surface area (Å²) >= 11 is 0. The van der Waals surface area contributed by atoms with E-state index in [0.29, 0.717) is 25.0 Å². The first-order chi connectivity index (χ1) is 17.5. The lowest BCUT2D eigenvalue weighted by atomic mass is 9.98. The van der Waals surface area contributed by atoms with Gasteiger partial charge >= 0.3 is 0 Å². The van der Waals surface area contributed by atoms with Crippen LogP contribution < -0.4 is 16.1 Å². The summed E-state index contributed by atoms with van der Waals surface area (Å²) in [6, 6.07) is 1.04. The Balaban J connectivity index is 0.000000423. The number of nitrogens with zero attached hydrogens (tertiary/aromatic N) is 3. The fourth-order valence-corrected chi connectivity index (χ4v) is 4.62. The van der Waals surface area contributed by atoms with Crippen LogP contribution in [0.3, 0.4) is 0 Å². The maximum absolute atomic E-state index is 12.4. The number of carbonyl (C=O) groups is 2. The van der Waals surface area contributed by atoms with E-state index in [0.717, 1.165) is 38.1 Å². The maximum Gasteiger partial charge on any atom is 0.269 e. The topological polar surface area (TPSA) is 89.1 Å². The average molecular weight is 527 g/mol. The van der Waals surface area contributed by atoms with E-state index in [1.807, 2.05) is 33.0 Å². The molecule has 0 aliphatic carbocycles. The summed E-state index contributed by atoms with van der Waals surface area (Å²) < 4.78 is 12.4. The summed E-state index contributed by atoms with van der Waals surface area (Å²) in [6.45, 7) is 9.30. The van der Waals surface area contributed by atoms with Crippen LogP contribution in [-0.2, 0) is 9.59 Å². The minimum atomic E-state index is -0.353. The van der Waals surface area contributed by atoms with E-state index in [9.17, 15) is 14.0 Å². The molecule has 0 saturated carbocycles. The van der Waals surface area contributed by atoms with Crippen molar-refractivity contribution in [2.24, 2.45) is 5.10 Å². The highest BCUT2D eigenvalue weighted by molar-refractivity contribution is 7.16. The van der Waals surface area contributed by atoms with Crippen LogP contribution in [0.5, 0.6) is 0 Å². The van der Waals surface area contributed by atoms with E-state index in [1.165, 1.54) is 32.0 Å². The molecule has 0 bridgehead atoms. The smallest absolute Gasteiger partial charge is 0.269 e. The van der Waals surface area contributed by atoms with E-state index in [2.05, 4.69) is 47.2 Å². The summed E-state index contributed by atoms with van der Waals surface area (Å²) in [4.78, 5) is 27.2. The molecule has 3 rings (SSSR count). The molecule has 2 unspecified atom stereocenters. The zero-order chi connectivity index (χ0) is 26.8. The Morgan fingerprint density at radius 3 is 2.42 bits per heavy atom. The Bertz CT molecular complexity index is 717. The molecule has 3 N–H and O–H groups in total. The molecular weight excluding hydrogens is 478 g/mol. The molecule has 2 saturated heterocycles. The quantitative estimate of drug-likeness (QED) is 0.243. The number of carbonyl (C=O) groups excluding carboxylic acids is 2. The van der Waals surface area contributed by atoms with Crippen molar-refractivity contribution in [2.45, 2.75) is 70.5 Å². The van der Waals surface area contributed by atoms with Gasteiger partial charge in [0.15, 0.2) is 0 Å². The predicted molar refractivity (Wildman–Crippen MR) is 151 cm³/mol. The Hall–Kier alpha value is -1.67. The van der Waals surface area contributed by atoms with Crippen LogP contribution in [-0.4, -0.2) is 98.8 Å². The molecule has 0 aromatic rings. The van der Waals surface area contributed by atoms with E-state index in [-0.39, 0.29) is 30.2 Å². The largest absolute Gasteiger partial charge is 0.348 e. The van der Waals surface area contributed by atoms with E-state index >= 15 is 0 Å². The van der Waals surface area contributed by atoms with E-state index in [1.54, 1.807) is 0 Å². The summed E-state index contributed by atoms with van der Waals surface area (Å²) in [6.07, 6.45) is 11.7. The van der Waals surface area contributed by atoms with E-state index in [4.69, 9.17) is 0 Å². The molecule has 206 valence electrons. The highest BCUT2D eigenvalue weighted by Gasteiger charge is 2.31. The molecule has 10 heteroatoms. The van der Waals surface area contributed by atoms with Crippen molar-refractivity contribution >= 4 is 27.1 Å². The van der Waals surface area contributed by atoms with Gasteiger partial charge in [-0.2, -0.15) is 5.10 Å². The number of nitrogens with one attached hydrogen (secondary N) is 3. The van der Waals surface area contributed by atoms with Crippen LogP contribution in [0.2, 0.25) is 0 Å². The van der Waals surface area contributed by atoms with Gasteiger partial charge in [0, 0.05) is 25.2 Å². The zero-order valence-corrected chi connectivity index (χ0v) is 23.8. The third-order valence-corrected chi connectivity index (χ3v) is 6.80. The number of amides is 1. The molecule has 0 spiro atoms. The first-order valence-electron chi connectivity index (χ1n) is 13.3. The predicted octanol–water partition coefficient (Wildman–Crippen LogP) is 2.48. The Kier molecular flexibility index (Phi) is 17.5. The summed E-state index contributed by atoms with van der Waals surface area (Å²) in [5.41, 5.74) is 3.49. The number of likely N-dealkylation sites (N-methyl/N-ethyl adjacent to an activating group) is 1. The van der Waals surface area contributed by atoms with Gasteiger partial charge in [-0.1, -0.05) is 26.0 Å². The van der Waals surface area contributed by atoms with Crippen molar-refractivity contribution in [1.82, 2.24) is 25.9 Å². The Morgan fingerprint density at radius 2 is 1.83 bits per heavy atom. The number of likely N-dealkylation sites (tertiary alicyclic amines) is 2. The minimum Gasteiger partial charge on any atom is -0.348 e. The highest BCUT2D eigenvalue weighted by Crippen LogP contribution is 2.20. The fourth-order valence-electron chi connectivity index (χ4n) is 4.42. The van der Waals surface area contributed by atoms with Crippen LogP contribution in [0.4, 0.5) is 4.39 Å². The molecule has 36 heavy (non-hydrogen) atoms.